The van der Waals surface area contributed by atoms with E-state index in [2.05, 4.69) is 25.9 Å². The number of carbonyl (C=O) groups excluding carboxylic acids is 3. The number of amides is 4. The van der Waals surface area contributed by atoms with Crippen molar-refractivity contribution in [2.75, 3.05) is 19.0 Å². The zero-order chi connectivity index (χ0) is 24.2. The zero-order valence-corrected chi connectivity index (χ0v) is 19.1. The van der Waals surface area contributed by atoms with Crippen molar-refractivity contribution in [2.24, 2.45) is 0 Å². The van der Waals surface area contributed by atoms with Gasteiger partial charge in [0.2, 0.25) is 0 Å². The molecule has 1 saturated heterocycles. The Balaban J connectivity index is 1.35. The van der Waals surface area contributed by atoms with Gasteiger partial charge in [-0.15, -0.1) is 11.3 Å². The number of urea groups is 1. The van der Waals surface area contributed by atoms with Gasteiger partial charge < -0.3 is 24.7 Å². The molecule has 5 heterocycles. The second-order valence-corrected chi connectivity index (χ2v) is 9.05. The van der Waals surface area contributed by atoms with E-state index in [1.165, 1.54) is 23.3 Å². The summed E-state index contributed by atoms with van der Waals surface area (Å²) in [6.45, 7) is 0.161. The number of hydrogen-bond donors (Lipinski definition) is 3. The van der Waals surface area contributed by atoms with Crippen molar-refractivity contribution in [1.82, 2.24) is 25.5 Å². The van der Waals surface area contributed by atoms with Gasteiger partial charge in [0.05, 0.1) is 13.7 Å². The fraction of sp³-hybridized carbons (Fsp3) is 0.174. The zero-order valence-electron chi connectivity index (χ0n) is 18.3. The molecule has 0 aliphatic carbocycles. The van der Waals surface area contributed by atoms with Gasteiger partial charge in [-0.1, -0.05) is 6.07 Å². The van der Waals surface area contributed by atoms with E-state index in [1.807, 2.05) is 11.4 Å². The van der Waals surface area contributed by atoms with Crippen LogP contribution in [0.25, 0.3) is 11.1 Å². The van der Waals surface area contributed by atoms with Crippen LogP contribution in [-0.2, 0) is 16.9 Å². The molecule has 3 aromatic heterocycles. The minimum absolute atomic E-state index is 0.121. The largest absolute Gasteiger partial charge is 0.497 e. The Morgan fingerprint density at radius 3 is 2.86 bits per heavy atom. The molecule has 0 unspecified atom stereocenters. The van der Waals surface area contributed by atoms with Crippen molar-refractivity contribution in [1.29, 1.82) is 0 Å². The predicted octanol–water partition coefficient (Wildman–Crippen LogP) is 2.73. The Labute approximate surface area is 202 Å². The predicted molar refractivity (Wildman–Crippen MR) is 125 cm³/mol. The summed E-state index contributed by atoms with van der Waals surface area (Å²) in [5, 5.41) is 10.6. The number of nitrogens with zero attached hydrogens (tertiary/aromatic N) is 3. The van der Waals surface area contributed by atoms with Crippen molar-refractivity contribution in [2.45, 2.75) is 12.1 Å². The van der Waals surface area contributed by atoms with Crippen LogP contribution in [0.1, 0.15) is 21.7 Å². The molecule has 6 rings (SSSR count). The highest BCUT2D eigenvalue weighted by Crippen LogP contribution is 2.35. The van der Waals surface area contributed by atoms with Crippen molar-refractivity contribution >= 4 is 51.2 Å². The number of aromatic nitrogens is 2. The number of imide groups is 1. The SMILES string of the molecule is COc1ccc2c(c1)C(=O)N(C[C@@]1(c3cc4nc(Nc5nccs5)ccc4o3)NC(=O)NC1=O)C2. The summed E-state index contributed by atoms with van der Waals surface area (Å²) in [7, 11) is 1.53. The van der Waals surface area contributed by atoms with Gasteiger partial charge in [0.1, 0.15) is 22.8 Å². The molecule has 1 aromatic carbocycles. The van der Waals surface area contributed by atoms with Crippen LogP contribution >= 0.6 is 11.3 Å². The van der Waals surface area contributed by atoms with Gasteiger partial charge in [0.15, 0.2) is 16.3 Å². The molecule has 12 heteroatoms. The van der Waals surface area contributed by atoms with Gasteiger partial charge in [-0.3, -0.25) is 14.9 Å². The van der Waals surface area contributed by atoms with Crippen molar-refractivity contribution in [3.8, 4) is 5.75 Å². The molecule has 0 radical (unpaired) electrons. The first-order chi connectivity index (χ1) is 16.9. The molecule has 176 valence electrons. The molecule has 4 aromatic rings. The van der Waals surface area contributed by atoms with E-state index in [0.29, 0.717) is 33.4 Å². The molecule has 0 bridgehead atoms. The summed E-state index contributed by atoms with van der Waals surface area (Å²) in [5.74, 6) is 0.412. The molecule has 35 heavy (non-hydrogen) atoms. The highest BCUT2D eigenvalue weighted by Gasteiger charge is 2.53. The van der Waals surface area contributed by atoms with E-state index in [9.17, 15) is 14.4 Å². The first kappa shape index (κ1) is 21.1. The van der Waals surface area contributed by atoms with Crippen molar-refractivity contribution in [3.63, 3.8) is 0 Å². The Morgan fingerprint density at radius 1 is 1.23 bits per heavy atom. The number of ether oxygens (including phenoxy) is 1. The van der Waals surface area contributed by atoms with Crippen LogP contribution in [-0.4, -0.2) is 46.4 Å². The Hall–Kier alpha value is -4.45. The average molecular weight is 491 g/mol. The van der Waals surface area contributed by atoms with Crippen LogP contribution in [0.2, 0.25) is 0 Å². The normalized spacial score (nSPS) is 19.1. The lowest BCUT2D eigenvalue weighted by Crippen LogP contribution is -2.52. The fourth-order valence-electron chi connectivity index (χ4n) is 4.33. The third kappa shape index (κ3) is 3.46. The molecule has 11 nitrogen and oxygen atoms in total. The lowest BCUT2D eigenvalue weighted by Gasteiger charge is -2.28. The number of nitrogens with one attached hydrogen (secondary N) is 3. The second-order valence-electron chi connectivity index (χ2n) is 8.15. The minimum atomic E-state index is -1.61. The topological polar surface area (TPSA) is 139 Å². The molecule has 1 atom stereocenters. The molecule has 2 aliphatic rings. The summed E-state index contributed by atoms with van der Waals surface area (Å²) in [4.78, 5) is 48.7. The van der Waals surface area contributed by atoms with Crippen LogP contribution in [0.15, 0.2) is 52.4 Å². The smallest absolute Gasteiger partial charge is 0.322 e. The Kier molecular flexibility index (Phi) is 4.71. The number of methoxy groups -OCH3 is 1. The maximum absolute atomic E-state index is 13.2. The van der Waals surface area contributed by atoms with E-state index < -0.39 is 17.5 Å². The van der Waals surface area contributed by atoms with Crippen LogP contribution in [0.3, 0.4) is 0 Å². The third-order valence-electron chi connectivity index (χ3n) is 6.03. The molecule has 2 aliphatic heterocycles. The van der Waals surface area contributed by atoms with E-state index in [1.54, 1.807) is 36.5 Å². The number of rotatable bonds is 6. The molecule has 1 fully saturated rings. The second kappa shape index (κ2) is 7.81. The summed E-state index contributed by atoms with van der Waals surface area (Å²) >= 11 is 1.43. The summed E-state index contributed by atoms with van der Waals surface area (Å²) < 4.78 is 11.2. The molecule has 0 spiro atoms. The van der Waals surface area contributed by atoms with Crippen LogP contribution in [0.5, 0.6) is 5.75 Å². The number of furan rings is 1. The monoisotopic (exact) mass is 490 g/mol. The number of fused-ring (bicyclic) bond motifs is 2. The summed E-state index contributed by atoms with van der Waals surface area (Å²) in [6.07, 6.45) is 1.68. The Morgan fingerprint density at radius 2 is 2.11 bits per heavy atom. The van der Waals surface area contributed by atoms with Crippen molar-refractivity contribution in [3.05, 3.63) is 64.9 Å². The first-order valence-electron chi connectivity index (χ1n) is 10.6. The number of benzene rings is 1. The minimum Gasteiger partial charge on any atom is -0.497 e. The van der Waals surface area contributed by atoms with E-state index in [0.717, 1.165) is 5.56 Å². The average Bonchev–Trinajstić information content (AvgIpc) is 3.62. The van der Waals surface area contributed by atoms with Gasteiger partial charge >= 0.3 is 6.03 Å². The number of anilines is 2. The van der Waals surface area contributed by atoms with Gasteiger partial charge in [0, 0.05) is 29.8 Å². The van der Waals surface area contributed by atoms with Gasteiger partial charge in [0.25, 0.3) is 11.8 Å². The maximum atomic E-state index is 13.2. The van der Waals surface area contributed by atoms with Crippen molar-refractivity contribution < 1.29 is 23.5 Å². The highest BCUT2D eigenvalue weighted by molar-refractivity contribution is 7.13. The quantitative estimate of drug-likeness (QED) is 0.351. The highest BCUT2D eigenvalue weighted by atomic mass is 32.1. The number of pyridine rings is 1. The van der Waals surface area contributed by atoms with E-state index in [-0.39, 0.29) is 24.8 Å². The van der Waals surface area contributed by atoms with E-state index >= 15 is 0 Å². The van der Waals surface area contributed by atoms with Gasteiger partial charge in [-0.2, -0.15) is 0 Å². The van der Waals surface area contributed by atoms with Crippen LogP contribution < -0.4 is 20.7 Å². The lowest BCUT2D eigenvalue weighted by molar-refractivity contribution is -0.125. The lowest BCUT2D eigenvalue weighted by atomic mass is 9.95. The molecule has 4 amide bonds. The van der Waals surface area contributed by atoms with Gasteiger partial charge in [-0.25, -0.2) is 14.8 Å². The standard InChI is InChI=1S/C23H18N6O5S/c1-33-13-3-2-12-10-29(19(30)14(12)8-13)11-23(20(31)27-21(32)28-23)17-9-15-16(34-17)4-5-18(25-15)26-22-24-6-7-35-22/h2-9H,10-11H2,1H3,(H,24,25,26)(H2,27,28,31,32)/t23-/m0/s1. The third-order valence-corrected chi connectivity index (χ3v) is 6.72. The fourth-order valence-corrected chi connectivity index (χ4v) is 4.87. The molecular weight excluding hydrogens is 472 g/mol. The molecule has 3 N–H and O–H groups in total. The number of thiazole rings is 1. The summed E-state index contributed by atoms with van der Waals surface area (Å²) in [6, 6.07) is 9.63. The Bertz CT molecular complexity index is 1500. The van der Waals surface area contributed by atoms with Gasteiger partial charge in [-0.05, 0) is 29.8 Å². The molecule has 0 saturated carbocycles. The van der Waals surface area contributed by atoms with Crippen LogP contribution in [0, 0.1) is 0 Å². The maximum Gasteiger partial charge on any atom is 0.322 e. The number of hydrogen-bond acceptors (Lipinski definition) is 9. The first-order valence-corrected chi connectivity index (χ1v) is 11.5. The van der Waals surface area contributed by atoms with E-state index in [4.69, 9.17) is 9.15 Å². The summed E-state index contributed by atoms with van der Waals surface area (Å²) in [5.41, 5.74) is 0.602. The number of carbonyl (C=O) groups is 3. The molecular formula is C23H18N6O5S. The van der Waals surface area contributed by atoms with Crippen LogP contribution in [0.4, 0.5) is 15.7 Å².